The molecule has 9 heavy (non-hydrogen) atoms. The molecule has 0 aromatic carbocycles. The van der Waals surface area contributed by atoms with Crippen molar-refractivity contribution in [2.75, 3.05) is 21.2 Å². The summed E-state index contributed by atoms with van der Waals surface area (Å²) in [6.45, 7) is 1.92. The highest BCUT2D eigenvalue weighted by Gasteiger charge is 1.82. The van der Waals surface area contributed by atoms with Crippen LogP contribution < -0.4 is 0 Å². The van der Waals surface area contributed by atoms with Crippen molar-refractivity contribution in [1.82, 2.24) is 0 Å². The molecule has 0 aliphatic carbocycles. The normalized spacial score (nSPS) is 10.9. The molecule has 0 N–H and O–H groups in total. The van der Waals surface area contributed by atoms with Crippen LogP contribution in [0, 0.1) is 0 Å². The molecule has 0 fully saturated rings. The zero-order chi connectivity index (χ0) is 7.28. The lowest BCUT2D eigenvalue weighted by molar-refractivity contribution is -0.458. The Morgan fingerprint density at radius 3 is 2.33 bits per heavy atom. The van der Waals surface area contributed by atoms with Gasteiger partial charge in [-0.15, -0.1) is 0 Å². The molecule has 0 saturated heterocycles. The van der Waals surface area contributed by atoms with Crippen molar-refractivity contribution >= 4 is 6.21 Å². The van der Waals surface area contributed by atoms with Crippen LogP contribution in [-0.2, 0) is 4.74 Å². The summed E-state index contributed by atoms with van der Waals surface area (Å²) >= 11 is 0. The molecule has 0 atom stereocenters. The van der Waals surface area contributed by atoms with Gasteiger partial charge in [0.15, 0.2) is 6.21 Å². The van der Waals surface area contributed by atoms with Crippen LogP contribution in [0.5, 0.6) is 0 Å². The van der Waals surface area contributed by atoms with Gasteiger partial charge in [-0.3, -0.25) is 0 Å². The van der Waals surface area contributed by atoms with Crippen LogP contribution in [-0.4, -0.2) is 32.0 Å². The van der Waals surface area contributed by atoms with E-state index in [0.717, 1.165) is 5.76 Å². The van der Waals surface area contributed by atoms with Gasteiger partial charge >= 0.3 is 0 Å². The van der Waals surface area contributed by atoms with Crippen LogP contribution in [0.1, 0.15) is 6.92 Å². The molecule has 0 bridgehead atoms. The van der Waals surface area contributed by atoms with E-state index in [1.807, 2.05) is 37.9 Å². The van der Waals surface area contributed by atoms with Crippen molar-refractivity contribution in [1.29, 1.82) is 0 Å². The third-order valence-electron chi connectivity index (χ3n) is 0.929. The molecule has 2 nitrogen and oxygen atoms in total. The van der Waals surface area contributed by atoms with Gasteiger partial charge in [-0.2, -0.15) is 0 Å². The highest BCUT2D eigenvalue weighted by molar-refractivity contribution is 5.66. The van der Waals surface area contributed by atoms with E-state index in [1.165, 1.54) is 0 Å². The summed E-state index contributed by atoms with van der Waals surface area (Å²) in [5.74, 6) is 0.920. The summed E-state index contributed by atoms with van der Waals surface area (Å²) < 4.78 is 6.86. The number of allylic oxidation sites excluding steroid dienone is 2. The van der Waals surface area contributed by atoms with E-state index in [0.29, 0.717) is 0 Å². The molecule has 0 aromatic heterocycles. The van der Waals surface area contributed by atoms with E-state index in [1.54, 1.807) is 7.11 Å². The average molecular weight is 128 g/mol. The Labute approximate surface area is 56.5 Å². The van der Waals surface area contributed by atoms with Crippen molar-refractivity contribution < 1.29 is 9.31 Å². The Bertz CT molecular complexity index is 132. The molecule has 0 unspecified atom stereocenters. The van der Waals surface area contributed by atoms with Gasteiger partial charge in [-0.1, -0.05) is 0 Å². The molecule has 0 aromatic rings. The molecule has 2 heteroatoms. The van der Waals surface area contributed by atoms with E-state index >= 15 is 0 Å². The first kappa shape index (κ1) is 8.21. The molecular weight excluding hydrogens is 114 g/mol. The minimum absolute atomic E-state index is 0.920. The highest BCUT2D eigenvalue weighted by Crippen LogP contribution is 1.87. The van der Waals surface area contributed by atoms with E-state index < -0.39 is 0 Å². The lowest BCUT2D eigenvalue weighted by Gasteiger charge is -1.92. The lowest BCUT2D eigenvalue weighted by Crippen LogP contribution is -1.96. The van der Waals surface area contributed by atoms with Gasteiger partial charge in [0.2, 0.25) is 0 Å². The van der Waals surface area contributed by atoms with Crippen LogP contribution in [0.2, 0.25) is 0 Å². The number of hydrogen-bond acceptors (Lipinski definition) is 1. The molecule has 0 spiro atoms. The van der Waals surface area contributed by atoms with Gasteiger partial charge in [-0.05, 0) is 6.92 Å². The lowest BCUT2D eigenvalue weighted by atomic mass is 10.5. The third-order valence-corrected chi connectivity index (χ3v) is 0.929. The van der Waals surface area contributed by atoms with Crippen molar-refractivity contribution in [3.8, 4) is 0 Å². The topological polar surface area (TPSA) is 12.2 Å². The predicted molar refractivity (Wildman–Crippen MR) is 38.9 cm³/mol. The van der Waals surface area contributed by atoms with Gasteiger partial charge in [0.1, 0.15) is 14.1 Å². The first-order valence-corrected chi connectivity index (χ1v) is 2.89. The second-order valence-electron chi connectivity index (χ2n) is 2.09. The first-order valence-electron chi connectivity index (χ1n) is 2.89. The van der Waals surface area contributed by atoms with Crippen molar-refractivity contribution in [2.24, 2.45) is 0 Å². The quantitative estimate of drug-likeness (QED) is 0.305. The Morgan fingerprint density at radius 1 is 1.44 bits per heavy atom. The fourth-order valence-corrected chi connectivity index (χ4v) is 0.322. The molecule has 0 radical (unpaired) electrons. The van der Waals surface area contributed by atoms with Crippen molar-refractivity contribution in [2.45, 2.75) is 6.92 Å². The maximum absolute atomic E-state index is 4.90. The Kier molecular flexibility index (Phi) is 3.76. The van der Waals surface area contributed by atoms with Gasteiger partial charge in [0.05, 0.1) is 12.9 Å². The molecule has 0 aliphatic heterocycles. The number of rotatable bonds is 2. The fraction of sp³-hybridized carbons (Fsp3) is 0.571. The average Bonchev–Trinajstić information content (AvgIpc) is 1.83. The molecule has 0 aliphatic rings. The fourth-order valence-electron chi connectivity index (χ4n) is 0.322. The van der Waals surface area contributed by atoms with Gasteiger partial charge < -0.3 is 4.74 Å². The molecule has 52 valence electrons. The molecule has 0 heterocycles. The Hall–Kier alpha value is -0.790. The largest absolute Gasteiger partial charge is 0.501 e. The minimum Gasteiger partial charge on any atom is -0.501 e. The summed E-state index contributed by atoms with van der Waals surface area (Å²) in [4.78, 5) is 0. The van der Waals surface area contributed by atoms with E-state index in [2.05, 4.69) is 0 Å². The number of hydrogen-bond donors (Lipinski definition) is 0. The first-order chi connectivity index (χ1) is 4.16. The van der Waals surface area contributed by atoms with Gasteiger partial charge in [-0.25, -0.2) is 4.58 Å². The predicted octanol–water partition coefficient (Wildman–Crippen LogP) is 0.879. The molecule has 0 amide bonds. The third kappa shape index (κ3) is 5.07. The van der Waals surface area contributed by atoms with Crippen LogP contribution in [0.25, 0.3) is 0 Å². The van der Waals surface area contributed by atoms with Gasteiger partial charge in [0, 0.05) is 6.08 Å². The standard InChI is InChI=1S/C7H14NO/c1-7(9-4)5-6-8(2)3/h5-6H,1-4H3/q+1. The molecule has 0 rings (SSSR count). The second-order valence-corrected chi connectivity index (χ2v) is 2.09. The zero-order valence-electron chi connectivity index (χ0n) is 6.51. The monoisotopic (exact) mass is 128 g/mol. The van der Waals surface area contributed by atoms with Crippen molar-refractivity contribution in [3.63, 3.8) is 0 Å². The SMILES string of the molecule is COC(C)=CC=[N+](C)C. The molecule has 0 saturated carbocycles. The van der Waals surface area contributed by atoms with Gasteiger partial charge in [0.25, 0.3) is 0 Å². The van der Waals surface area contributed by atoms with Crippen LogP contribution in [0.15, 0.2) is 11.8 Å². The highest BCUT2D eigenvalue weighted by atomic mass is 16.5. The number of ether oxygens (including phenoxy) is 1. The van der Waals surface area contributed by atoms with E-state index in [-0.39, 0.29) is 0 Å². The maximum Gasteiger partial charge on any atom is 0.166 e. The van der Waals surface area contributed by atoms with E-state index in [4.69, 9.17) is 4.74 Å². The maximum atomic E-state index is 4.90. The van der Waals surface area contributed by atoms with Crippen LogP contribution >= 0.6 is 0 Å². The Balaban J connectivity index is 3.83. The van der Waals surface area contributed by atoms with Crippen molar-refractivity contribution in [3.05, 3.63) is 11.8 Å². The van der Waals surface area contributed by atoms with Crippen LogP contribution in [0.3, 0.4) is 0 Å². The summed E-state index contributed by atoms with van der Waals surface area (Å²) in [6, 6.07) is 0. The summed E-state index contributed by atoms with van der Waals surface area (Å²) in [6.07, 6.45) is 3.86. The molecular formula is C7H14NO+. The number of nitrogens with zero attached hydrogens (tertiary/aromatic N) is 1. The summed E-state index contributed by atoms with van der Waals surface area (Å²) in [5.41, 5.74) is 0. The van der Waals surface area contributed by atoms with E-state index in [9.17, 15) is 0 Å². The Morgan fingerprint density at radius 2 is 2.00 bits per heavy atom. The second kappa shape index (κ2) is 4.13. The summed E-state index contributed by atoms with van der Waals surface area (Å²) in [5, 5.41) is 0. The smallest absolute Gasteiger partial charge is 0.166 e. The van der Waals surface area contributed by atoms with Crippen LogP contribution in [0.4, 0.5) is 0 Å². The zero-order valence-corrected chi connectivity index (χ0v) is 6.51. The number of methoxy groups -OCH3 is 1. The minimum atomic E-state index is 0.920. The summed E-state index contributed by atoms with van der Waals surface area (Å²) in [7, 11) is 5.61.